The van der Waals surface area contributed by atoms with Crippen molar-refractivity contribution in [2.45, 2.75) is 29.8 Å². The van der Waals surface area contributed by atoms with Crippen LogP contribution in [0, 0.1) is 11.7 Å². The van der Waals surface area contributed by atoms with E-state index in [1.165, 1.54) is 19.3 Å². The highest BCUT2D eigenvalue weighted by molar-refractivity contribution is 7.92. The normalized spacial score (nSPS) is 23.1. The van der Waals surface area contributed by atoms with Gasteiger partial charge >= 0.3 is 5.97 Å². The van der Waals surface area contributed by atoms with Crippen molar-refractivity contribution in [1.82, 2.24) is 10.4 Å². The van der Waals surface area contributed by atoms with Gasteiger partial charge in [0.15, 0.2) is 0 Å². The maximum atomic E-state index is 14.0. The van der Waals surface area contributed by atoms with E-state index in [0.717, 1.165) is 24.1 Å². The molecule has 2 aromatic rings. The zero-order chi connectivity index (χ0) is 25.4. The second kappa shape index (κ2) is 9.81. The molecule has 0 spiro atoms. The molecule has 0 bridgehead atoms. The molecule has 3 N–H and O–H groups in total. The van der Waals surface area contributed by atoms with Crippen LogP contribution >= 0.6 is 0 Å². The minimum atomic E-state index is -4.21. The van der Waals surface area contributed by atoms with Crippen molar-refractivity contribution in [3.63, 3.8) is 0 Å². The average molecular weight is 518 g/mol. The number of ether oxygens (including phenoxy) is 2. The van der Waals surface area contributed by atoms with Gasteiger partial charge in [-0.1, -0.05) is 18.2 Å². The Hall–Kier alpha value is -2.99. The van der Waals surface area contributed by atoms with Gasteiger partial charge in [0, 0.05) is 25.6 Å². The van der Waals surface area contributed by atoms with Crippen LogP contribution in [0.1, 0.15) is 40.2 Å². The van der Waals surface area contributed by atoms with Gasteiger partial charge in [-0.25, -0.2) is 22.6 Å². The number of hydrogen-bond acceptors (Lipinski definition) is 8. The Morgan fingerprint density at radius 2 is 2.17 bits per heavy atom. The molecule has 192 valence electrons. The molecule has 3 atom stereocenters. The van der Waals surface area contributed by atoms with Crippen LogP contribution in [0.2, 0.25) is 0 Å². The van der Waals surface area contributed by atoms with Gasteiger partial charge in [0.05, 0.1) is 30.4 Å². The van der Waals surface area contributed by atoms with Gasteiger partial charge in [0.25, 0.3) is 10.0 Å². The fourth-order valence-corrected chi connectivity index (χ4v) is 6.04. The molecule has 9 nitrogen and oxygen atoms in total. The minimum Gasteiger partial charge on any atom is -0.492 e. The van der Waals surface area contributed by atoms with Gasteiger partial charge in [0.2, 0.25) is 0 Å². The molecule has 0 radical (unpaired) electrons. The van der Waals surface area contributed by atoms with Gasteiger partial charge in [-0.2, -0.15) is 0 Å². The smallest absolute Gasteiger partial charge is 0.343 e. The van der Waals surface area contributed by atoms with Crippen molar-refractivity contribution >= 4 is 27.8 Å². The number of esters is 1. The summed E-state index contributed by atoms with van der Waals surface area (Å²) in [5.74, 6) is -0.224. The lowest BCUT2D eigenvalue weighted by atomic mass is 10.0. The number of aliphatic hydroxyl groups excluding tert-OH is 1. The number of carbonyl (C=O) groups is 1. The third-order valence-electron chi connectivity index (χ3n) is 6.74. The second-order valence-corrected chi connectivity index (χ2v) is 10.9. The molecule has 36 heavy (non-hydrogen) atoms. The molecule has 1 aliphatic carbocycles. The number of carbonyl (C=O) groups excluding carboxylic acids is 1. The number of benzene rings is 2. The molecular formula is C25H28FN3O6S. The van der Waals surface area contributed by atoms with Crippen molar-refractivity contribution in [2.24, 2.45) is 5.92 Å². The van der Waals surface area contributed by atoms with E-state index in [9.17, 15) is 22.7 Å². The number of nitrogens with one attached hydrogen (secondary N) is 2. The molecule has 1 saturated carbocycles. The maximum Gasteiger partial charge on any atom is 0.343 e. The number of rotatable bonds is 8. The SMILES string of the molecule is COC(=O)c1c(NS(=O)(=O)c2ccc(F)cc2/C=C\CNN2CC[C@@H](O)C2)ccc2c1OCC1CC21. The number of hydrogen-bond donors (Lipinski definition) is 3. The predicted octanol–water partition coefficient (Wildman–Crippen LogP) is 2.49. The first-order valence-electron chi connectivity index (χ1n) is 11.8. The number of β-amino-alcohol motifs (C(OH)–C–C–N with tert-alkyl or cyclic N) is 1. The topological polar surface area (TPSA) is 117 Å². The number of aliphatic hydroxyl groups is 1. The van der Waals surface area contributed by atoms with Crippen LogP contribution in [-0.4, -0.2) is 64.0 Å². The first-order valence-corrected chi connectivity index (χ1v) is 13.3. The third kappa shape index (κ3) is 4.96. The molecule has 0 aromatic heterocycles. The molecule has 2 heterocycles. The van der Waals surface area contributed by atoms with E-state index >= 15 is 0 Å². The summed E-state index contributed by atoms with van der Waals surface area (Å²) in [4.78, 5) is 12.5. The van der Waals surface area contributed by atoms with Crippen LogP contribution in [0.5, 0.6) is 5.75 Å². The number of halogens is 1. The first kappa shape index (κ1) is 24.7. The van der Waals surface area contributed by atoms with E-state index in [1.54, 1.807) is 18.2 Å². The second-order valence-electron chi connectivity index (χ2n) is 9.25. The summed E-state index contributed by atoms with van der Waals surface area (Å²) in [5, 5.41) is 11.5. The quantitative estimate of drug-likeness (QED) is 0.458. The number of sulfonamides is 1. The molecule has 2 unspecified atom stereocenters. The number of hydrazine groups is 1. The fourth-order valence-electron chi connectivity index (χ4n) is 4.79. The molecular weight excluding hydrogens is 489 g/mol. The van der Waals surface area contributed by atoms with Crippen LogP contribution in [0.15, 0.2) is 41.3 Å². The van der Waals surface area contributed by atoms with Crippen LogP contribution < -0.4 is 14.9 Å². The standard InChI is InChI=1S/C25H28FN3O6S/c1-34-25(31)23-21(6-5-19-20-12-16(20)14-35-24(19)23)28-36(32,33)22-7-4-17(26)11-15(22)3-2-9-27-29-10-8-18(30)13-29/h2-7,11,16,18,20,27-28,30H,8-10,12-14H2,1H3/b3-2-/t16?,18-,20?/m1/s1. The zero-order valence-corrected chi connectivity index (χ0v) is 20.6. The van der Waals surface area contributed by atoms with Crippen molar-refractivity contribution in [1.29, 1.82) is 0 Å². The summed E-state index contributed by atoms with van der Waals surface area (Å²) in [7, 11) is -2.99. The first-order chi connectivity index (χ1) is 17.3. The van der Waals surface area contributed by atoms with Gasteiger partial charge < -0.3 is 14.6 Å². The monoisotopic (exact) mass is 517 g/mol. The fraction of sp³-hybridized carbons (Fsp3) is 0.400. The van der Waals surface area contributed by atoms with E-state index in [-0.39, 0.29) is 27.8 Å². The Morgan fingerprint density at radius 1 is 1.33 bits per heavy atom. The van der Waals surface area contributed by atoms with Crippen LogP contribution in [0.25, 0.3) is 6.08 Å². The summed E-state index contributed by atoms with van der Waals surface area (Å²) in [5.41, 5.74) is 4.21. The number of anilines is 1. The molecule has 0 amide bonds. The lowest BCUT2D eigenvalue weighted by Crippen LogP contribution is -2.36. The summed E-state index contributed by atoms with van der Waals surface area (Å²) in [6.07, 6.45) is 4.47. The molecule has 11 heteroatoms. The van der Waals surface area contributed by atoms with Crippen LogP contribution in [0.4, 0.5) is 10.1 Å². The van der Waals surface area contributed by atoms with Crippen LogP contribution in [0.3, 0.4) is 0 Å². The zero-order valence-electron chi connectivity index (χ0n) is 19.7. The van der Waals surface area contributed by atoms with E-state index < -0.39 is 21.8 Å². The minimum absolute atomic E-state index is 0.0279. The Kier molecular flexibility index (Phi) is 6.73. The molecule has 2 fully saturated rings. The van der Waals surface area contributed by atoms with Crippen molar-refractivity contribution < 1.29 is 32.2 Å². The van der Waals surface area contributed by atoms with Gasteiger partial charge in [-0.3, -0.25) is 10.1 Å². The van der Waals surface area contributed by atoms with Crippen molar-refractivity contribution in [2.75, 3.05) is 38.1 Å². The lowest BCUT2D eigenvalue weighted by Gasteiger charge is -2.22. The van der Waals surface area contributed by atoms with E-state index in [4.69, 9.17) is 9.47 Å². The third-order valence-corrected chi connectivity index (χ3v) is 8.18. The maximum absolute atomic E-state index is 14.0. The molecule has 5 rings (SSSR count). The number of nitrogens with zero attached hydrogens (tertiary/aromatic N) is 1. The number of fused-ring (bicyclic) bond motifs is 3. The largest absolute Gasteiger partial charge is 0.492 e. The number of methoxy groups -OCH3 is 1. The highest BCUT2D eigenvalue weighted by Crippen LogP contribution is 2.55. The summed E-state index contributed by atoms with van der Waals surface area (Å²) >= 11 is 0. The summed E-state index contributed by atoms with van der Waals surface area (Å²) in [6, 6.07) is 6.70. The molecule has 3 aliphatic rings. The lowest BCUT2D eigenvalue weighted by molar-refractivity contribution is 0.0596. The van der Waals surface area contributed by atoms with E-state index in [1.807, 2.05) is 5.01 Å². The molecule has 2 aromatic carbocycles. The Labute approximate surface area is 208 Å². The van der Waals surface area contributed by atoms with E-state index in [0.29, 0.717) is 50.2 Å². The predicted molar refractivity (Wildman–Crippen MR) is 131 cm³/mol. The van der Waals surface area contributed by atoms with Crippen molar-refractivity contribution in [3.8, 4) is 5.75 Å². The Balaban J connectivity index is 1.41. The molecule has 1 saturated heterocycles. The van der Waals surface area contributed by atoms with Crippen molar-refractivity contribution in [3.05, 3.63) is 58.9 Å². The van der Waals surface area contributed by atoms with Gasteiger partial charge in [-0.05, 0) is 54.2 Å². The average Bonchev–Trinajstić information content (AvgIpc) is 3.53. The van der Waals surface area contributed by atoms with Gasteiger partial charge in [-0.15, -0.1) is 0 Å². The molecule has 2 aliphatic heterocycles. The van der Waals surface area contributed by atoms with E-state index in [2.05, 4.69) is 10.1 Å². The highest BCUT2D eigenvalue weighted by atomic mass is 32.2. The summed E-state index contributed by atoms with van der Waals surface area (Å²) in [6.45, 7) is 2.04. The van der Waals surface area contributed by atoms with Gasteiger partial charge in [0.1, 0.15) is 17.1 Å². The van der Waals surface area contributed by atoms with Crippen LogP contribution in [-0.2, 0) is 14.8 Å². The Bertz CT molecular complexity index is 1320. The summed E-state index contributed by atoms with van der Waals surface area (Å²) < 4.78 is 54.1. The Morgan fingerprint density at radius 3 is 2.92 bits per heavy atom. The highest BCUT2D eigenvalue weighted by Gasteiger charge is 2.45.